The van der Waals surface area contributed by atoms with Gasteiger partial charge in [0, 0.05) is 54.9 Å². The van der Waals surface area contributed by atoms with Crippen molar-refractivity contribution in [2.45, 2.75) is 32.8 Å². The first-order valence-electron chi connectivity index (χ1n) is 14.8. The Balaban J connectivity index is 1.71. The third-order valence-corrected chi connectivity index (χ3v) is 8.47. The molecule has 2 aromatic carbocycles. The molecule has 0 aliphatic rings. The zero-order valence-electron chi connectivity index (χ0n) is 25.9. The normalized spacial score (nSPS) is 13.4. The van der Waals surface area contributed by atoms with E-state index < -0.39 is 5.60 Å². The molecule has 1 N–H and O–H groups in total. The summed E-state index contributed by atoms with van der Waals surface area (Å²) in [6.45, 7) is 11.2. The molecule has 0 bridgehead atoms. The minimum Gasteiger partial charge on any atom is -0.375 e. The molecule has 0 aliphatic heterocycles. The lowest BCUT2D eigenvalue weighted by Gasteiger charge is -2.31. The van der Waals surface area contributed by atoms with Crippen LogP contribution in [-0.4, -0.2) is 42.5 Å². The fraction of sp³-hybridized carbons (Fsp3) is 0.222. The lowest BCUT2D eigenvalue weighted by molar-refractivity contribution is 0.113. The van der Waals surface area contributed by atoms with E-state index in [9.17, 15) is 10.4 Å². The highest BCUT2D eigenvalue weighted by Gasteiger charge is 2.37. The Hall–Kier alpha value is -4.97. The molecule has 0 aliphatic carbocycles. The zero-order valence-corrected chi connectivity index (χ0v) is 26.7. The van der Waals surface area contributed by atoms with E-state index in [0.29, 0.717) is 44.7 Å². The average Bonchev–Trinajstić information content (AvgIpc) is 3.76. The second-order valence-corrected chi connectivity index (χ2v) is 11.2. The van der Waals surface area contributed by atoms with Crippen molar-refractivity contribution in [2.24, 2.45) is 7.05 Å². The van der Waals surface area contributed by atoms with E-state index in [0.717, 1.165) is 35.7 Å². The monoisotopic (exact) mass is 617 g/mol. The number of rotatable bonds is 11. The van der Waals surface area contributed by atoms with Crippen LogP contribution in [0.1, 0.15) is 48.7 Å². The van der Waals surface area contributed by atoms with Crippen molar-refractivity contribution in [1.29, 1.82) is 5.26 Å². The van der Waals surface area contributed by atoms with Crippen LogP contribution in [0.4, 0.5) is 5.82 Å². The quantitative estimate of drug-likeness (QED) is 0.161. The van der Waals surface area contributed by atoms with Crippen LogP contribution in [0, 0.1) is 11.3 Å². The number of aliphatic hydroxyl groups is 1. The largest absolute Gasteiger partial charge is 0.375 e. The van der Waals surface area contributed by atoms with Gasteiger partial charge in [0.1, 0.15) is 11.9 Å². The van der Waals surface area contributed by atoms with E-state index >= 15 is 0 Å². The molecule has 5 aromatic rings. The van der Waals surface area contributed by atoms with Crippen molar-refractivity contribution >= 4 is 28.3 Å². The number of fused-ring (bicyclic) bond motifs is 1. The molecule has 5 rings (SSSR count). The number of benzene rings is 2. The van der Waals surface area contributed by atoms with Gasteiger partial charge in [0.05, 0.1) is 35.0 Å². The number of pyridine rings is 1. The summed E-state index contributed by atoms with van der Waals surface area (Å²) in [5.74, 6) is 0.787. The van der Waals surface area contributed by atoms with E-state index in [1.54, 1.807) is 35.4 Å². The van der Waals surface area contributed by atoms with Gasteiger partial charge in [0.25, 0.3) is 0 Å². The van der Waals surface area contributed by atoms with E-state index in [2.05, 4.69) is 53.6 Å². The van der Waals surface area contributed by atoms with Gasteiger partial charge in [-0.3, -0.25) is 0 Å². The highest BCUT2D eigenvalue weighted by atomic mass is 35.5. The number of anilines is 1. The van der Waals surface area contributed by atoms with Gasteiger partial charge in [-0.05, 0) is 73.9 Å². The maximum Gasteiger partial charge on any atom is 0.152 e. The number of nitrogens with zero attached hydrogens (tertiary/aromatic N) is 7. The van der Waals surface area contributed by atoms with Crippen LogP contribution in [0.3, 0.4) is 0 Å². The Morgan fingerprint density at radius 2 is 1.91 bits per heavy atom. The van der Waals surface area contributed by atoms with Crippen molar-refractivity contribution in [3.63, 3.8) is 0 Å². The number of imidazole rings is 1. The van der Waals surface area contributed by atoms with Crippen LogP contribution in [0.25, 0.3) is 16.6 Å². The Morgan fingerprint density at radius 3 is 2.51 bits per heavy atom. The molecule has 0 fully saturated rings. The predicted molar refractivity (Wildman–Crippen MR) is 180 cm³/mol. The Kier molecular flexibility index (Phi) is 9.33. The molecule has 0 saturated carbocycles. The summed E-state index contributed by atoms with van der Waals surface area (Å²) >= 11 is 6.21. The van der Waals surface area contributed by atoms with Gasteiger partial charge in [0.15, 0.2) is 5.60 Å². The molecule has 1 atom stereocenters. The summed E-state index contributed by atoms with van der Waals surface area (Å²) in [4.78, 5) is 11.6. The van der Waals surface area contributed by atoms with E-state index in [-0.39, 0.29) is 0 Å². The molecule has 0 radical (unpaired) electrons. The number of hydrogen-bond acceptors (Lipinski definition) is 6. The standard InChI is InChI=1S/C36H36ClN7O/c1-6-28(37)14-10-25(4)36(45,34-23-39-24-42(34)5)27-13-17-33-30(21-27)32(22-38)31(35(41-33)43(7-2)8-3)20-26-11-15-29(16-12-26)44-19-9-18-40-44/h6,9-19,21,23-24,45H,1,7-8,20H2,2-5H3/b25-10+,28-14+. The van der Waals surface area contributed by atoms with Crippen molar-refractivity contribution in [1.82, 2.24) is 24.3 Å². The summed E-state index contributed by atoms with van der Waals surface area (Å²) in [6, 6.07) is 18.2. The molecular formula is C36H36ClN7O. The van der Waals surface area contributed by atoms with E-state index in [4.69, 9.17) is 16.6 Å². The van der Waals surface area contributed by atoms with Crippen LogP contribution >= 0.6 is 11.6 Å². The molecule has 0 spiro atoms. The van der Waals surface area contributed by atoms with Gasteiger partial charge in [-0.25, -0.2) is 14.6 Å². The van der Waals surface area contributed by atoms with Gasteiger partial charge in [-0.15, -0.1) is 0 Å². The summed E-state index contributed by atoms with van der Waals surface area (Å²) in [5, 5.41) is 28.6. The predicted octanol–water partition coefficient (Wildman–Crippen LogP) is 6.95. The summed E-state index contributed by atoms with van der Waals surface area (Å²) in [5.41, 5.74) is 4.26. The van der Waals surface area contributed by atoms with Crippen LogP contribution in [0.5, 0.6) is 0 Å². The van der Waals surface area contributed by atoms with Crippen LogP contribution in [0.15, 0.2) is 109 Å². The van der Waals surface area contributed by atoms with Crippen molar-refractivity contribution in [3.05, 3.63) is 137 Å². The number of halogens is 1. The molecule has 8 nitrogen and oxygen atoms in total. The zero-order chi connectivity index (χ0) is 32.1. The summed E-state index contributed by atoms with van der Waals surface area (Å²) in [7, 11) is 1.84. The smallest absolute Gasteiger partial charge is 0.152 e. The minimum atomic E-state index is -1.57. The topological polar surface area (TPSA) is 95.8 Å². The average molecular weight is 618 g/mol. The summed E-state index contributed by atoms with van der Waals surface area (Å²) in [6.07, 6.45) is 12.5. The summed E-state index contributed by atoms with van der Waals surface area (Å²) < 4.78 is 3.59. The molecule has 45 heavy (non-hydrogen) atoms. The minimum absolute atomic E-state index is 0.447. The van der Waals surface area contributed by atoms with Crippen molar-refractivity contribution < 1.29 is 5.11 Å². The van der Waals surface area contributed by atoms with Crippen molar-refractivity contribution in [3.8, 4) is 11.8 Å². The van der Waals surface area contributed by atoms with Gasteiger partial charge < -0.3 is 14.6 Å². The van der Waals surface area contributed by atoms with Crippen LogP contribution in [-0.2, 0) is 19.1 Å². The highest BCUT2D eigenvalue weighted by molar-refractivity contribution is 6.31. The molecule has 0 saturated heterocycles. The number of hydrogen-bond donors (Lipinski definition) is 1. The van der Waals surface area contributed by atoms with Crippen LogP contribution < -0.4 is 4.90 Å². The second kappa shape index (κ2) is 13.3. The lowest BCUT2D eigenvalue weighted by Crippen LogP contribution is -2.31. The fourth-order valence-corrected chi connectivity index (χ4v) is 5.73. The molecule has 3 heterocycles. The van der Waals surface area contributed by atoms with E-state index in [1.165, 1.54) is 6.08 Å². The molecule has 0 amide bonds. The fourth-order valence-electron chi connectivity index (χ4n) is 5.66. The third kappa shape index (κ3) is 6.05. The van der Waals surface area contributed by atoms with E-state index in [1.807, 2.05) is 61.2 Å². The second-order valence-electron chi connectivity index (χ2n) is 10.8. The lowest BCUT2D eigenvalue weighted by atomic mass is 9.82. The molecule has 9 heteroatoms. The first-order valence-corrected chi connectivity index (χ1v) is 15.2. The van der Waals surface area contributed by atoms with Gasteiger partial charge in [0.2, 0.25) is 0 Å². The SMILES string of the molecule is C=C/C(Cl)=C\C=C(/C)C(O)(c1ccc2nc(N(CC)CC)c(Cc3ccc(-n4cccn4)cc3)c(C#N)c2c1)c1cncn1C. The van der Waals surface area contributed by atoms with Gasteiger partial charge in [-0.2, -0.15) is 10.4 Å². The number of allylic oxidation sites excluding steroid dienone is 4. The Morgan fingerprint density at radius 1 is 1.16 bits per heavy atom. The maximum absolute atomic E-state index is 12.5. The van der Waals surface area contributed by atoms with Crippen LogP contribution in [0.2, 0.25) is 0 Å². The first-order chi connectivity index (χ1) is 21.7. The van der Waals surface area contributed by atoms with Gasteiger partial charge in [-0.1, -0.05) is 48.5 Å². The highest BCUT2D eigenvalue weighted by Crippen LogP contribution is 2.39. The first kappa shape index (κ1) is 31.5. The number of aryl methyl sites for hydroxylation is 1. The van der Waals surface area contributed by atoms with Gasteiger partial charge >= 0.3 is 0 Å². The molecule has 3 aromatic heterocycles. The molecule has 1 unspecified atom stereocenters. The Bertz CT molecular complexity index is 1930. The third-order valence-electron chi connectivity index (χ3n) is 8.19. The number of nitriles is 1. The molecule has 228 valence electrons. The maximum atomic E-state index is 12.5. The molecular weight excluding hydrogens is 582 g/mol. The Labute approximate surface area is 268 Å². The number of aromatic nitrogens is 5. The van der Waals surface area contributed by atoms with Crippen molar-refractivity contribution in [2.75, 3.05) is 18.0 Å².